The summed E-state index contributed by atoms with van der Waals surface area (Å²) >= 11 is 5.84. The van der Waals surface area contributed by atoms with Gasteiger partial charge in [-0.05, 0) is 30.3 Å². The van der Waals surface area contributed by atoms with Crippen molar-refractivity contribution in [2.75, 3.05) is 17.7 Å². The summed E-state index contributed by atoms with van der Waals surface area (Å²) < 4.78 is 5.45. The molecule has 0 spiro atoms. The Hall–Kier alpha value is -2.20. The minimum Gasteiger partial charge on any atom is -0.493 e. The lowest BCUT2D eigenvalue weighted by Crippen LogP contribution is -2.16. The van der Waals surface area contributed by atoms with Crippen molar-refractivity contribution >= 4 is 28.9 Å². The molecule has 2 aromatic rings. The molecule has 4 nitrogen and oxygen atoms in total. The van der Waals surface area contributed by atoms with Crippen molar-refractivity contribution in [3.63, 3.8) is 0 Å². The first kappa shape index (κ1) is 14.2. The fourth-order valence-electron chi connectivity index (χ4n) is 1.64. The topological polar surface area (TPSA) is 64.3 Å². The SMILES string of the molecule is Nc1ccccc1NC(=O)CCOc1cccc(Cl)c1. The van der Waals surface area contributed by atoms with E-state index in [1.807, 2.05) is 12.1 Å². The third-order valence-electron chi connectivity index (χ3n) is 2.63. The quantitative estimate of drug-likeness (QED) is 0.830. The van der Waals surface area contributed by atoms with E-state index in [1.165, 1.54) is 0 Å². The number of amides is 1. The highest BCUT2D eigenvalue weighted by Crippen LogP contribution is 2.18. The number of nitrogen functional groups attached to an aromatic ring is 1. The van der Waals surface area contributed by atoms with Crippen molar-refractivity contribution in [2.24, 2.45) is 0 Å². The number of anilines is 2. The van der Waals surface area contributed by atoms with Gasteiger partial charge >= 0.3 is 0 Å². The predicted molar refractivity (Wildman–Crippen MR) is 81.0 cm³/mol. The molecular weight excluding hydrogens is 276 g/mol. The lowest BCUT2D eigenvalue weighted by atomic mass is 10.2. The molecule has 0 aliphatic rings. The number of nitrogens with one attached hydrogen (secondary N) is 1. The van der Waals surface area contributed by atoms with Gasteiger partial charge in [-0.25, -0.2) is 0 Å². The molecule has 0 heterocycles. The maximum atomic E-state index is 11.7. The minimum absolute atomic E-state index is 0.148. The molecule has 2 aromatic carbocycles. The van der Waals surface area contributed by atoms with E-state index in [0.29, 0.717) is 22.1 Å². The second-order valence-corrected chi connectivity index (χ2v) is 4.63. The zero-order valence-electron chi connectivity index (χ0n) is 10.8. The van der Waals surface area contributed by atoms with Gasteiger partial charge in [-0.3, -0.25) is 4.79 Å². The van der Waals surface area contributed by atoms with Crippen LogP contribution in [0.3, 0.4) is 0 Å². The number of para-hydroxylation sites is 2. The van der Waals surface area contributed by atoms with Crippen molar-refractivity contribution in [3.8, 4) is 5.75 Å². The van der Waals surface area contributed by atoms with E-state index < -0.39 is 0 Å². The van der Waals surface area contributed by atoms with Crippen molar-refractivity contribution in [1.29, 1.82) is 0 Å². The summed E-state index contributed by atoms with van der Waals surface area (Å²) in [7, 11) is 0. The zero-order valence-corrected chi connectivity index (χ0v) is 11.6. The fraction of sp³-hybridized carbons (Fsp3) is 0.133. The molecule has 0 unspecified atom stereocenters. The molecule has 2 rings (SSSR count). The lowest BCUT2D eigenvalue weighted by molar-refractivity contribution is -0.116. The summed E-state index contributed by atoms with van der Waals surface area (Å²) in [6.45, 7) is 0.277. The first-order chi connectivity index (χ1) is 9.65. The van der Waals surface area contributed by atoms with Crippen LogP contribution in [-0.2, 0) is 4.79 Å². The fourth-order valence-corrected chi connectivity index (χ4v) is 1.82. The monoisotopic (exact) mass is 290 g/mol. The molecule has 20 heavy (non-hydrogen) atoms. The zero-order chi connectivity index (χ0) is 14.4. The molecule has 0 aliphatic heterocycles. The number of hydrogen-bond donors (Lipinski definition) is 2. The van der Waals surface area contributed by atoms with Crippen LogP contribution in [0.15, 0.2) is 48.5 Å². The van der Waals surface area contributed by atoms with Crippen LogP contribution < -0.4 is 15.8 Å². The highest BCUT2D eigenvalue weighted by Gasteiger charge is 2.05. The Kier molecular flexibility index (Phi) is 4.85. The van der Waals surface area contributed by atoms with E-state index in [-0.39, 0.29) is 18.9 Å². The van der Waals surface area contributed by atoms with Crippen LogP contribution >= 0.6 is 11.6 Å². The molecule has 0 radical (unpaired) electrons. The first-order valence-corrected chi connectivity index (χ1v) is 6.55. The Bertz CT molecular complexity index is 602. The van der Waals surface area contributed by atoms with Gasteiger partial charge in [0.05, 0.1) is 24.4 Å². The molecule has 1 amide bonds. The predicted octanol–water partition coefficient (Wildman–Crippen LogP) is 3.33. The lowest BCUT2D eigenvalue weighted by Gasteiger charge is -2.09. The van der Waals surface area contributed by atoms with Crippen molar-refractivity contribution in [3.05, 3.63) is 53.6 Å². The van der Waals surface area contributed by atoms with Gasteiger partial charge in [0.25, 0.3) is 0 Å². The number of carbonyl (C=O) groups excluding carboxylic acids is 1. The summed E-state index contributed by atoms with van der Waals surface area (Å²) in [6.07, 6.45) is 0.237. The summed E-state index contributed by atoms with van der Waals surface area (Å²) in [6, 6.07) is 14.2. The van der Waals surface area contributed by atoms with E-state index in [1.54, 1.807) is 36.4 Å². The van der Waals surface area contributed by atoms with Gasteiger partial charge in [0, 0.05) is 5.02 Å². The summed E-state index contributed by atoms with van der Waals surface area (Å²) in [5.41, 5.74) is 6.89. The molecule has 0 saturated carbocycles. The van der Waals surface area contributed by atoms with Crippen LogP contribution in [-0.4, -0.2) is 12.5 Å². The van der Waals surface area contributed by atoms with Gasteiger partial charge in [-0.1, -0.05) is 29.8 Å². The van der Waals surface area contributed by atoms with Gasteiger partial charge in [0.15, 0.2) is 0 Å². The second kappa shape index (κ2) is 6.82. The number of ether oxygens (including phenoxy) is 1. The summed E-state index contributed by atoms with van der Waals surface area (Å²) in [5.74, 6) is 0.495. The molecule has 0 atom stereocenters. The van der Waals surface area contributed by atoms with Crippen LogP contribution in [0.1, 0.15) is 6.42 Å². The molecular formula is C15H15ClN2O2. The van der Waals surface area contributed by atoms with Crippen LogP contribution in [0.4, 0.5) is 11.4 Å². The summed E-state index contributed by atoms with van der Waals surface area (Å²) in [5, 5.41) is 3.34. The number of benzene rings is 2. The molecule has 0 aromatic heterocycles. The Morgan fingerprint density at radius 1 is 1.20 bits per heavy atom. The molecule has 0 fully saturated rings. The highest BCUT2D eigenvalue weighted by atomic mass is 35.5. The maximum absolute atomic E-state index is 11.7. The first-order valence-electron chi connectivity index (χ1n) is 6.18. The second-order valence-electron chi connectivity index (χ2n) is 4.19. The highest BCUT2D eigenvalue weighted by molar-refractivity contribution is 6.30. The van der Waals surface area contributed by atoms with Gasteiger partial charge in [-0.15, -0.1) is 0 Å². The third kappa shape index (κ3) is 4.17. The minimum atomic E-state index is -0.148. The van der Waals surface area contributed by atoms with Gasteiger partial charge in [0.1, 0.15) is 5.75 Å². The Morgan fingerprint density at radius 2 is 2.00 bits per heavy atom. The van der Waals surface area contributed by atoms with Gasteiger partial charge in [0.2, 0.25) is 5.91 Å². The van der Waals surface area contributed by atoms with E-state index in [2.05, 4.69) is 5.32 Å². The average molecular weight is 291 g/mol. The van der Waals surface area contributed by atoms with Crippen molar-refractivity contribution in [1.82, 2.24) is 0 Å². The van der Waals surface area contributed by atoms with Crippen LogP contribution in [0, 0.1) is 0 Å². The number of hydrogen-bond acceptors (Lipinski definition) is 3. The standard InChI is InChI=1S/C15H15ClN2O2/c16-11-4-3-5-12(10-11)20-9-8-15(19)18-14-7-2-1-6-13(14)17/h1-7,10H,8-9,17H2,(H,18,19). The van der Waals surface area contributed by atoms with E-state index in [4.69, 9.17) is 22.1 Å². The molecule has 0 saturated heterocycles. The van der Waals surface area contributed by atoms with Crippen LogP contribution in [0.2, 0.25) is 5.02 Å². The van der Waals surface area contributed by atoms with E-state index in [9.17, 15) is 4.79 Å². The van der Waals surface area contributed by atoms with E-state index in [0.717, 1.165) is 0 Å². The molecule has 5 heteroatoms. The Morgan fingerprint density at radius 3 is 2.75 bits per heavy atom. The normalized spacial score (nSPS) is 10.1. The molecule has 0 bridgehead atoms. The molecule has 104 valence electrons. The molecule has 3 N–H and O–H groups in total. The number of rotatable bonds is 5. The number of halogens is 1. The summed E-state index contributed by atoms with van der Waals surface area (Å²) in [4.78, 5) is 11.7. The Balaban J connectivity index is 1.80. The largest absolute Gasteiger partial charge is 0.493 e. The van der Waals surface area contributed by atoms with Gasteiger partial charge < -0.3 is 15.8 Å². The number of carbonyl (C=O) groups is 1. The van der Waals surface area contributed by atoms with Crippen molar-refractivity contribution in [2.45, 2.75) is 6.42 Å². The Labute approximate surface area is 122 Å². The van der Waals surface area contributed by atoms with Gasteiger partial charge in [-0.2, -0.15) is 0 Å². The average Bonchev–Trinajstić information content (AvgIpc) is 2.41. The molecule has 0 aliphatic carbocycles. The smallest absolute Gasteiger partial charge is 0.227 e. The third-order valence-corrected chi connectivity index (χ3v) is 2.86. The van der Waals surface area contributed by atoms with Crippen LogP contribution in [0.25, 0.3) is 0 Å². The van der Waals surface area contributed by atoms with Crippen molar-refractivity contribution < 1.29 is 9.53 Å². The maximum Gasteiger partial charge on any atom is 0.227 e. The van der Waals surface area contributed by atoms with Crippen LogP contribution in [0.5, 0.6) is 5.75 Å². The number of nitrogens with two attached hydrogens (primary N) is 1. The van der Waals surface area contributed by atoms with E-state index >= 15 is 0 Å².